The number of hydrogen-bond donors (Lipinski definition) is 1. The Hall–Kier alpha value is -3.41. The van der Waals surface area contributed by atoms with Crippen molar-refractivity contribution in [2.24, 2.45) is 11.8 Å². The van der Waals surface area contributed by atoms with Crippen LogP contribution in [0.3, 0.4) is 0 Å². The SMILES string of the molecule is CCOC(=O)C1=C(C)NC2=C(C(=O)[C@H](C(=O)OC)[C@@H](C)C2)[C@H]1c1ccc2ccccc2c1. The van der Waals surface area contributed by atoms with Crippen molar-refractivity contribution in [3.8, 4) is 0 Å². The smallest absolute Gasteiger partial charge is 0.336 e. The first-order valence-electron chi connectivity index (χ1n) is 10.9. The highest BCUT2D eigenvalue weighted by Crippen LogP contribution is 2.45. The van der Waals surface area contributed by atoms with Crippen LogP contribution in [0.25, 0.3) is 10.8 Å². The first-order chi connectivity index (χ1) is 15.4. The van der Waals surface area contributed by atoms with E-state index in [0.717, 1.165) is 22.0 Å². The lowest BCUT2D eigenvalue weighted by Gasteiger charge is -2.38. The van der Waals surface area contributed by atoms with Gasteiger partial charge in [-0.15, -0.1) is 0 Å². The summed E-state index contributed by atoms with van der Waals surface area (Å²) in [4.78, 5) is 39.2. The molecule has 6 heteroatoms. The number of allylic oxidation sites excluding steroid dienone is 3. The third kappa shape index (κ3) is 3.60. The van der Waals surface area contributed by atoms with Crippen molar-refractivity contribution in [3.05, 3.63) is 70.6 Å². The fourth-order valence-corrected chi connectivity index (χ4v) is 4.88. The van der Waals surface area contributed by atoms with Gasteiger partial charge in [0.05, 0.1) is 19.3 Å². The molecule has 4 rings (SSSR count). The number of carbonyl (C=O) groups is 3. The van der Waals surface area contributed by atoms with E-state index in [0.29, 0.717) is 23.3 Å². The zero-order valence-electron chi connectivity index (χ0n) is 18.7. The molecule has 2 aromatic rings. The second-order valence-corrected chi connectivity index (χ2v) is 8.36. The summed E-state index contributed by atoms with van der Waals surface area (Å²) < 4.78 is 10.3. The number of ether oxygens (including phenoxy) is 2. The van der Waals surface area contributed by atoms with Crippen molar-refractivity contribution in [2.75, 3.05) is 13.7 Å². The summed E-state index contributed by atoms with van der Waals surface area (Å²) in [7, 11) is 1.29. The number of ketones is 1. The topological polar surface area (TPSA) is 81.7 Å². The molecule has 166 valence electrons. The van der Waals surface area contributed by atoms with Crippen molar-refractivity contribution in [1.29, 1.82) is 0 Å². The molecule has 0 saturated carbocycles. The van der Waals surface area contributed by atoms with E-state index in [2.05, 4.69) is 5.32 Å². The Morgan fingerprint density at radius 1 is 1.12 bits per heavy atom. The van der Waals surface area contributed by atoms with E-state index >= 15 is 0 Å². The molecule has 0 saturated heterocycles. The highest BCUT2D eigenvalue weighted by atomic mass is 16.5. The van der Waals surface area contributed by atoms with E-state index in [1.807, 2.05) is 56.3 Å². The average molecular weight is 434 g/mol. The molecule has 6 nitrogen and oxygen atoms in total. The van der Waals surface area contributed by atoms with E-state index < -0.39 is 23.8 Å². The molecule has 0 spiro atoms. The maximum atomic E-state index is 13.7. The number of rotatable bonds is 4. The first kappa shape index (κ1) is 21.8. The zero-order valence-corrected chi connectivity index (χ0v) is 18.7. The summed E-state index contributed by atoms with van der Waals surface area (Å²) in [5.41, 5.74) is 3.07. The van der Waals surface area contributed by atoms with Gasteiger partial charge in [-0.25, -0.2) is 4.79 Å². The van der Waals surface area contributed by atoms with Crippen LogP contribution in [-0.4, -0.2) is 31.4 Å². The second-order valence-electron chi connectivity index (χ2n) is 8.36. The number of dihydropyridines is 1. The molecule has 0 radical (unpaired) electrons. The van der Waals surface area contributed by atoms with Crippen LogP contribution in [0.5, 0.6) is 0 Å². The van der Waals surface area contributed by atoms with E-state index in [9.17, 15) is 14.4 Å². The molecule has 1 aliphatic carbocycles. The minimum Gasteiger partial charge on any atom is -0.468 e. The van der Waals surface area contributed by atoms with Gasteiger partial charge in [0, 0.05) is 22.9 Å². The number of nitrogens with one attached hydrogen (secondary N) is 1. The van der Waals surface area contributed by atoms with Crippen LogP contribution in [0.4, 0.5) is 0 Å². The van der Waals surface area contributed by atoms with Crippen molar-refractivity contribution in [3.63, 3.8) is 0 Å². The molecule has 0 unspecified atom stereocenters. The van der Waals surface area contributed by atoms with Crippen molar-refractivity contribution in [1.82, 2.24) is 5.32 Å². The Kier molecular flexibility index (Phi) is 5.87. The predicted molar refractivity (Wildman–Crippen MR) is 120 cm³/mol. The first-order valence-corrected chi connectivity index (χ1v) is 10.9. The highest BCUT2D eigenvalue weighted by molar-refractivity contribution is 6.12. The van der Waals surface area contributed by atoms with Crippen LogP contribution in [-0.2, 0) is 23.9 Å². The monoisotopic (exact) mass is 433 g/mol. The molecule has 1 heterocycles. The molecule has 0 aromatic heterocycles. The minimum absolute atomic E-state index is 0.213. The molecule has 0 fully saturated rings. The number of Topliss-reactive ketones (excluding diaryl/α,β-unsaturated/α-hetero) is 1. The Bertz CT molecular complexity index is 1180. The molecule has 0 amide bonds. The van der Waals surface area contributed by atoms with Crippen molar-refractivity contribution >= 4 is 28.5 Å². The number of benzene rings is 2. The van der Waals surface area contributed by atoms with Gasteiger partial charge in [0.1, 0.15) is 5.92 Å². The minimum atomic E-state index is -0.898. The normalized spacial score (nSPS) is 23.0. The number of methoxy groups -OCH3 is 1. The van der Waals surface area contributed by atoms with Crippen LogP contribution < -0.4 is 5.32 Å². The average Bonchev–Trinajstić information content (AvgIpc) is 2.77. The van der Waals surface area contributed by atoms with Crippen LogP contribution in [0, 0.1) is 11.8 Å². The molecular weight excluding hydrogens is 406 g/mol. The summed E-state index contributed by atoms with van der Waals surface area (Å²) in [6.45, 7) is 5.67. The molecule has 32 heavy (non-hydrogen) atoms. The summed E-state index contributed by atoms with van der Waals surface area (Å²) in [6.07, 6.45) is 0.512. The highest BCUT2D eigenvalue weighted by Gasteiger charge is 2.47. The summed E-state index contributed by atoms with van der Waals surface area (Å²) in [6, 6.07) is 13.9. The summed E-state index contributed by atoms with van der Waals surface area (Å²) in [5, 5.41) is 5.34. The quantitative estimate of drug-likeness (QED) is 0.579. The number of esters is 2. The Morgan fingerprint density at radius 3 is 2.53 bits per heavy atom. The molecule has 2 aromatic carbocycles. The Balaban J connectivity index is 1.92. The summed E-state index contributed by atoms with van der Waals surface area (Å²) >= 11 is 0. The van der Waals surface area contributed by atoms with E-state index in [4.69, 9.17) is 9.47 Å². The lowest BCUT2D eigenvalue weighted by Crippen LogP contribution is -2.43. The van der Waals surface area contributed by atoms with Gasteiger partial charge in [0.15, 0.2) is 5.78 Å². The van der Waals surface area contributed by atoms with Gasteiger partial charge >= 0.3 is 11.9 Å². The van der Waals surface area contributed by atoms with E-state index in [-0.39, 0.29) is 18.3 Å². The third-order valence-electron chi connectivity index (χ3n) is 6.35. The van der Waals surface area contributed by atoms with Gasteiger partial charge in [0.2, 0.25) is 0 Å². The molecule has 0 bridgehead atoms. The lowest BCUT2D eigenvalue weighted by atomic mass is 9.69. The largest absolute Gasteiger partial charge is 0.468 e. The Labute approximate surface area is 187 Å². The number of fused-ring (bicyclic) bond motifs is 1. The number of carbonyl (C=O) groups excluding carboxylic acids is 3. The predicted octanol–water partition coefficient (Wildman–Crippen LogP) is 4.02. The van der Waals surface area contributed by atoms with Crippen molar-refractivity contribution < 1.29 is 23.9 Å². The summed E-state index contributed by atoms with van der Waals surface area (Å²) in [5.74, 6) is -3.05. The second kappa shape index (κ2) is 8.61. The maximum absolute atomic E-state index is 13.7. The Morgan fingerprint density at radius 2 is 1.84 bits per heavy atom. The molecule has 2 aliphatic rings. The fraction of sp³-hybridized carbons (Fsp3) is 0.346. The van der Waals surface area contributed by atoms with E-state index in [1.165, 1.54) is 7.11 Å². The number of hydrogen-bond acceptors (Lipinski definition) is 6. The van der Waals surface area contributed by atoms with Gasteiger partial charge in [-0.2, -0.15) is 0 Å². The van der Waals surface area contributed by atoms with Crippen LogP contribution in [0.15, 0.2) is 65.0 Å². The van der Waals surface area contributed by atoms with Crippen molar-refractivity contribution in [2.45, 2.75) is 33.1 Å². The van der Waals surface area contributed by atoms with E-state index in [1.54, 1.807) is 6.92 Å². The van der Waals surface area contributed by atoms with Gasteiger partial charge < -0.3 is 14.8 Å². The molecule has 1 aliphatic heterocycles. The van der Waals surface area contributed by atoms with Gasteiger partial charge in [-0.3, -0.25) is 9.59 Å². The van der Waals surface area contributed by atoms with Crippen LogP contribution in [0.1, 0.15) is 38.7 Å². The third-order valence-corrected chi connectivity index (χ3v) is 6.35. The van der Waals surface area contributed by atoms with Gasteiger partial charge in [0.25, 0.3) is 0 Å². The standard InChI is InChI=1S/C26H27NO5/c1-5-32-26(30)21-15(3)27-19-12-14(2)20(25(29)31-4)24(28)23(19)22(21)18-11-10-16-8-6-7-9-17(16)13-18/h6-11,13-14,20,22,27H,5,12H2,1-4H3/t14-,20+,22-/m0/s1. The maximum Gasteiger partial charge on any atom is 0.336 e. The lowest BCUT2D eigenvalue weighted by molar-refractivity contribution is -0.151. The molecule has 3 atom stereocenters. The molecule has 1 N–H and O–H groups in total. The zero-order chi connectivity index (χ0) is 23.0. The van der Waals surface area contributed by atoms with Gasteiger partial charge in [-0.1, -0.05) is 49.4 Å². The van der Waals surface area contributed by atoms with Crippen LogP contribution in [0.2, 0.25) is 0 Å². The van der Waals surface area contributed by atoms with Crippen LogP contribution >= 0.6 is 0 Å². The van der Waals surface area contributed by atoms with Gasteiger partial charge in [-0.05, 0) is 42.5 Å². The fourth-order valence-electron chi connectivity index (χ4n) is 4.88. The molecular formula is C26H27NO5.